The van der Waals surface area contributed by atoms with E-state index in [1.165, 1.54) is 12.1 Å². The van der Waals surface area contributed by atoms with Crippen LogP contribution in [0.4, 0.5) is 15.8 Å². The number of nitrogens with one attached hydrogen (secondary N) is 1. The molecule has 2 nitrogen and oxygen atoms in total. The standard InChI is InChI=1S/C17H20ClFN2/c1-12(2)20-11-13-7-8-14(18)9-17(13)21(3)16-6-4-5-15(19)10-16/h4-10,12,20H,11H2,1-3H3. The summed E-state index contributed by atoms with van der Waals surface area (Å²) < 4.78 is 13.4. The molecule has 0 fully saturated rings. The maximum absolute atomic E-state index is 13.4. The van der Waals surface area contributed by atoms with E-state index < -0.39 is 0 Å². The summed E-state index contributed by atoms with van der Waals surface area (Å²) in [6.45, 7) is 4.95. The highest BCUT2D eigenvalue weighted by Crippen LogP contribution is 2.30. The number of benzene rings is 2. The van der Waals surface area contributed by atoms with Gasteiger partial charge in [0.15, 0.2) is 0 Å². The van der Waals surface area contributed by atoms with Crippen molar-refractivity contribution in [2.75, 3.05) is 11.9 Å². The molecule has 0 unspecified atom stereocenters. The Morgan fingerprint density at radius 3 is 2.62 bits per heavy atom. The van der Waals surface area contributed by atoms with Crippen molar-refractivity contribution >= 4 is 23.0 Å². The van der Waals surface area contributed by atoms with Crippen molar-refractivity contribution in [1.82, 2.24) is 5.32 Å². The second-order valence-corrected chi connectivity index (χ2v) is 5.78. The van der Waals surface area contributed by atoms with Gasteiger partial charge in [-0.2, -0.15) is 0 Å². The first kappa shape index (κ1) is 15.8. The van der Waals surface area contributed by atoms with Gasteiger partial charge in [-0.25, -0.2) is 4.39 Å². The second kappa shape index (κ2) is 6.92. The van der Waals surface area contributed by atoms with Crippen LogP contribution in [0.1, 0.15) is 19.4 Å². The fraction of sp³-hybridized carbons (Fsp3) is 0.294. The van der Waals surface area contributed by atoms with E-state index in [1.54, 1.807) is 6.07 Å². The van der Waals surface area contributed by atoms with Crippen LogP contribution in [0.15, 0.2) is 42.5 Å². The van der Waals surface area contributed by atoms with Crippen molar-refractivity contribution in [3.8, 4) is 0 Å². The number of hydrogen-bond acceptors (Lipinski definition) is 2. The van der Waals surface area contributed by atoms with Crippen LogP contribution >= 0.6 is 11.6 Å². The first-order valence-electron chi connectivity index (χ1n) is 6.98. The van der Waals surface area contributed by atoms with Crippen LogP contribution in [0.3, 0.4) is 0 Å². The van der Waals surface area contributed by atoms with Gasteiger partial charge in [0.05, 0.1) is 0 Å². The number of anilines is 2. The van der Waals surface area contributed by atoms with E-state index in [-0.39, 0.29) is 5.82 Å². The minimum Gasteiger partial charge on any atom is -0.344 e. The Morgan fingerprint density at radius 2 is 1.95 bits per heavy atom. The van der Waals surface area contributed by atoms with E-state index in [1.807, 2.05) is 36.2 Å². The largest absolute Gasteiger partial charge is 0.344 e. The van der Waals surface area contributed by atoms with Gasteiger partial charge in [0.1, 0.15) is 5.82 Å². The lowest BCUT2D eigenvalue weighted by Gasteiger charge is -2.23. The van der Waals surface area contributed by atoms with Crippen molar-refractivity contribution < 1.29 is 4.39 Å². The fourth-order valence-corrected chi connectivity index (χ4v) is 2.30. The summed E-state index contributed by atoms with van der Waals surface area (Å²) in [4.78, 5) is 1.95. The van der Waals surface area contributed by atoms with Crippen LogP contribution < -0.4 is 10.2 Å². The predicted molar refractivity (Wildman–Crippen MR) is 87.9 cm³/mol. The third kappa shape index (κ3) is 4.19. The van der Waals surface area contributed by atoms with E-state index in [0.717, 1.165) is 23.5 Å². The molecule has 0 aromatic heterocycles. The zero-order chi connectivity index (χ0) is 15.4. The highest BCUT2D eigenvalue weighted by atomic mass is 35.5. The van der Waals surface area contributed by atoms with E-state index >= 15 is 0 Å². The van der Waals surface area contributed by atoms with Crippen molar-refractivity contribution in [3.63, 3.8) is 0 Å². The summed E-state index contributed by atoms with van der Waals surface area (Å²) >= 11 is 6.12. The molecule has 1 N–H and O–H groups in total. The van der Waals surface area contributed by atoms with Gasteiger partial charge < -0.3 is 10.2 Å². The normalized spacial score (nSPS) is 11.0. The van der Waals surface area contributed by atoms with Gasteiger partial charge in [0.25, 0.3) is 0 Å². The third-order valence-corrected chi connectivity index (χ3v) is 3.54. The van der Waals surface area contributed by atoms with Crippen LogP contribution in [-0.2, 0) is 6.54 Å². The number of rotatable bonds is 5. The van der Waals surface area contributed by atoms with Gasteiger partial charge in [0.2, 0.25) is 0 Å². The maximum atomic E-state index is 13.4. The van der Waals surface area contributed by atoms with Crippen molar-refractivity contribution in [2.45, 2.75) is 26.4 Å². The minimum atomic E-state index is -0.247. The molecule has 2 aromatic carbocycles. The van der Waals surface area contributed by atoms with Crippen LogP contribution in [0.25, 0.3) is 0 Å². The van der Waals surface area contributed by atoms with Gasteiger partial charge in [-0.05, 0) is 35.9 Å². The van der Waals surface area contributed by atoms with Crippen LogP contribution in [0.5, 0.6) is 0 Å². The lowest BCUT2D eigenvalue weighted by molar-refractivity contribution is 0.589. The van der Waals surface area contributed by atoms with E-state index in [9.17, 15) is 4.39 Å². The Bertz CT molecular complexity index is 613. The molecule has 112 valence electrons. The molecule has 0 bridgehead atoms. The van der Waals surface area contributed by atoms with Gasteiger partial charge in [-0.3, -0.25) is 0 Å². The van der Waals surface area contributed by atoms with E-state index in [4.69, 9.17) is 11.6 Å². The summed E-state index contributed by atoms with van der Waals surface area (Å²) in [6.07, 6.45) is 0. The average molecular weight is 307 g/mol. The number of nitrogens with zero attached hydrogens (tertiary/aromatic N) is 1. The van der Waals surface area contributed by atoms with Crippen molar-refractivity contribution in [1.29, 1.82) is 0 Å². The van der Waals surface area contributed by atoms with Crippen LogP contribution in [0, 0.1) is 5.82 Å². The molecule has 0 atom stereocenters. The molecule has 21 heavy (non-hydrogen) atoms. The molecular formula is C17H20ClFN2. The molecule has 0 amide bonds. The highest BCUT2D eigenvalue weighted by molar-refractivity contribution is 6.30. The minimum absolute atomic E-state index is 0.247. The zero-order valence-electron chi connectivity index (χ0n) is 12.5. The third-order valence-electron chi connectivity index (χ3n) is 3.30. The van der Waals surface area contributed by atoms with Gasteiger partial charge in [-0.15, -0.1) is 0 Å². The molecule has 0 spiro atoms. The Morgan fingerprint density at radius 1 is 1.19 bits per heavy atom. The quantitative estimate of drug-likeness (QED) is 0.858. The number of hydrogen-bond donors (Lipinski definition) is 1. The van der Waals surface area contributed by atoms with Gasteiger partial charge in [-0.1, -0.05) is 37.6 Å². The fourth-order valence-electron chi connectivity index (χ4n) is 2.14. The van der Waals surface area contributed by atoms with Gasteiger partial charge >= 0.3 is 0 Å². The lowest BCUT2D eigenvalue weighted by atomic mass is 10.1. The summed E-state index contributed by atoms with van der Waals surface area (Å²) in [5.41, 5.74) is 2.89. The topological polar surface area (TPSA) is 15.3 Å². The van der Waals surface area contributed by atoms with E-state index in [0.29, 0.717) is 11.1 Å². The summed E-state index contributed by atoms with van der Waals surface area (Å²) in [6, 6.07) is 12.7. The monoisotopic (exact) mass is 306 g/mol. The Hall–Kier alpha value is -1.58. The Labute approximate surface area is 130 Å². The molecule has 0 radical (unpaired) electrons. The smallest absolute Gasteiger partial charge is 0.125 e. The highest BCUT2D eigenvalue weighted by Gasteiger charge is 2.11. The van der Waals surface area contributed by atoms with Crippen LogP contribution in [-0.4, -0.2) is 13.1 Å². The molecule has 0 aliphatic rings. The van der Waals surface area contributed by atoms with Crippen molar-refractivity contribution in [3.05, 3.63) is 58.9 Å². The predicted octanol–water partition coefficient (Wildman–Crippen LogP) is 4.75. The zero-order valence-corrected chi connectivity index (χ0v) is 13.3. The summed E-state index contributed by atoms with van der Waals surface area (Å²) in [5, 5.41) is 4.06. The molecule has 0 heterocycles. The van der Waals surface area contributed by atoms with E-state index in [2.05, 4.69) is 19.2 Å². The molecule has 4 heteroatoms. The Balaban J connectivity index is 2.34. The molecule has 2 rings (SSSR count). The lowest BCUT2D eigenvalue weighted by Crippen LogP contribution is -2.23. The van der Waals surface area contributed by atoms with Crippen LogP contribution in [0.2, 0.25) is 5.02 Å². The molecule has 0 saturated heterocycles. The SMILES string of the molecule is CC(C)NCc1ccc(Cl)cc1N(C)c1cccc(F)c1. The Kier molecular flexibility index (Phi) is 5.21. The average Bonchev–Trinajstić information content (AvgIpc) is 2.45. The molecular weight excluding hydrogens is 287 g/mol. The molecule has 0 aliphatic carbocycles. The summed E-state index contributed by atoms with van der Waals surface area (Å²) in [5.74, 6) is -0.247. The number of halogens is 2. The maximum Gasteiger partial charge on any atom is 0.125 e. The molecule has 0 aliphatic heterocycles. The second-order valence-electron chi connectivity index (χ2n) is 5.35. The summed E-state index contributed by atoms with van der Waals surface area (Å²) in [7, 11) is 1.92. The molecule has 2 aromatic rings. The molecule has 0 saturated carbocycles. The first-order valence-corrected chi connectivity index (χ1v) is 7.36. The van der Waals surface area contributed by atoms with Gasteiger partial charge in [0, 0.05) is 36.0 Å². The van der Waals surface area contributed by atoms with Crippen molar-refractivity contribution in [2.24, 2.45) is 0 Å². The first-order chi connectivity index (χ1) is 9.97.